The third-order valence-corrected chi connectivity index (χ3v) is 7.37. The molecule has 0 aliphatic heterocycles. The van der Waals surface area contributed by atoms with Crippen LogP contribution in [0, 0.1) is 11.7 Å². The zero-order valence-electron chi connectivity index (χ0n) is 21.5. The quantitative estimate of drug-likeness (QED) is 0.237. The molecule has 5 heterocycles. The number of nitrogens with one attached hydrogen (secondary N) is 3. The van der Waals surface area contributed by atoms with E-state index in [2.05, 4.69) is 30.5 Å². The van der Waals surface area contributed by atoms with Crippen molar-refractivity contribution < 1.29 is 13.9 Å². The summed E-state index contributed by atoms with van der Waals surface area (Å²) < 4.78 is 19.5. The number of aromatic nitrogens is 6. The van der Waals surface area contributed by atoms with Crippen LogP contribution in [0.4, 0.5) is 10.1 Å². The first-order valence-corrected chi connectivity index (χ1v) is 13.0. The molecule has 0 unspecified atom stereocenters. The molecule has 1 saturated carbocycles. The number of carbonyl (C=O) groups excluding carboxylic acids is 1. The van der Waals surface area contributed by atoms with Gasteiger partial charge in [-0.05, 0) is 55.3 Å². The van der Waals surface area contributed by atoms with E-state index in [0.717, 1.165) is 46.9 Å². The molecule has 1 amide bonds. The van der Waals surface area contributed by atoms with Gasteiger partial charge in [-0.15, -0.1) is 0 Å². The van der Waals surface area contributed by atoms with E-state index in [9.17, 15) is 9.18 Å². The lowest BCUT2D eigenvalue weighted by Gasteiger charge is -2.24. The summed E-state index contributed by atoms with van der Waals surface area (Å²) in [6.45, 7) is 0. The van der Waals surface area contributed by atoms with Gasteiger partial charge in [0.25, 0.3) is 0 Å². The van der Waals surface area contributed by atoms with E-state index in [1.807, 2.05) is 30.3 Å². The summed E-state index contributed by atoms with van der Waals surface area (Å²) >= 11 is 0. The molecule has 0 saturated heterocycles. The summed E-state index contributed by atoms with van der Waals surface area (Å²) in [7, 11) is 1.50. The maximum absolute atomic E-state index is 14.3. The van der Waals surface area contributed by atoms with Gasteiger partial charge in [-0.2, -0.15) is 5.10 Å². The van der Waals surface area contributed by atoms with Crippen molar-refractivity contribution in [3.8, 4) is 39.7 Å². The molecule has 0 radical (unpaired) electrons. The molecule has 0 atom stereocenters. The number of pyridine rings is 3. The van der Waals surface area contributed by atoms with Gasteiger partial charge in [-0.1, -0.05) is 6.42 Å². The van der Waals surface area contributed by atoms with E-state index in [0.29, 0.717) is 39.6 Å². The van der Waals surface area contributed by atoms with Crippen LogP contribution in [0.3, 0.4) is 0 Å². The molecule has 5 aromatic heterocycles. The Hall–Kier alpha value is -5.12. The SMILES string of the molecule is COc1cc(F)cc(-c2nccc3[nH]c(-c4n[nH]c5ccc(-c6cncc(NC(=O)C7CCC7)c6)nc45)cc23)c1. The number of rotatable bonds is 6. The van der Waals surface area contributed by atoms with E-state index in [1.54, 1.807) is 24.7 Å². The van der Waals surface area contributed by atoms with Crippen LogP contribution in [0.5, 0.6) is 5.75 Å². The van der Waals surface area contributed by atoms with Gasteiger partial charge in [0.05, 0.1) is 41.6 Å². The average Bonchev–Trinajstić information content (AvgIpc) is 3.55. The van der Waals surface area contributed by atoms with Gasteiger partial charge < -0.3 is 15.0 Å². The fourth-order valence-electron chi connectivity index (χ4n) is 5.04. The minimum absolute atomic E-state index is 0.0371. The van der Waals surface area contributed by atoms with Gasteiger partial charge in [0, 0.05) is 46.4 Å². The minimum atomic E-state index is -0.403. The highest BCUT2D eigenvalue weighted by atomic mass is 19.1. The van der Waals surface area contributed by atoms with E-state index in [1.165, 1.54) is 19.2 Å². The second-order valence-electron chi connectivity index (χ2n) is 9.93. The van der Waals surface area contributed by atoms with Crippen molar-refractivity contribution in [2.75, 3.05) is 12.4 Å². The van der Waals surface area contributed by atoms with Gasteiger partial charge >= 0.3 is 0 Å². The van der Waals surface area contributed by atoms with E-state index in [-0.39, 0.29) is 11.8 Å². The number of halogens is 1. The molecule has 198 valence electrons. The predicted molar refractivity (Wildman–Crippen MR) is 150 cm³/mol. The van der Waals surface area contributed by atoms with Crippen LogP contribution < -0.4 is 10.1 Å². The maximum atomic E-state index is 14.3. The smallest absolute Gasteiger partial charge is 0.227 e. The summed E-state index contributed by atoms with van der Waals surface area (Å²) in [6.07, 6.45) is 8.01. The van der Waals surface area contributed by atoms with Crippen LogP contribution >= 0.6 is 0 Å². The number of H-pyrrole nitrogens is 2. The number of benzene rings is 1. The van der Waals surface area contributed by atoms with Crippen molar-refractivity contribution in [3.63, 3.8) is 0 Å². The molecular formula is C30H24FN7O2. The number of anilines is 1. The van der Waals surface area contributed by atoms with E-state index < -0.39 is 5.82 Å². The van der Waals surface area contributed by atoms with Gasteiger partial charge in [0.2, 0.25) is 5.91 Å². The van der Waals surface area contributed by atoms with Crippen molar-refractivity contribution in [2.24, 2.45) is 5.92 Å². The summed E-state index contributed by atoms with van der Waals surface area (Å²) in [6, 6.07) is 14.0. The highest BCUT2D eigenvalue weighted by Crippen LogP contribution is 2.35. The first-order chi connectivity index (χ1) is 19.6. The van der Waals surface area contributed by atoms with Crippen molar-refractivity contribution in [1.29, 1.82) is 0 Å². The first-order valence-electron chi connectivity index (χ1n) is 13.0. The van der Waals surface area contributed by atoms with Gasteiger partial charge in [0.15, 0.2) is 0 Å². The Balaban J connectivity index is 1.26. The highest BCUT2D eigenvalue weighted by Gasteiger charge is 2.25. The largest absolute Gasteiger partial charge is 0.497 e. The number of fused-ring (bicyclic) bond motifs is 2. The summed E-state index contributed by atoms with van der Waals surface area (Å²) in [5, 5.41) is 11.4. The van der Waals surface area contributed by atoms with Crippen molar-refractivity contribution >= 4 is 33.5 Å². The number of amides is 1. The van der Waals surface area contributed by atoms with Gasteiger partial charge in [-0.3, -0.25) is 19.9 Å². The molecule has 3 N–H and O–H groups in total. The minimum Gasteiger partial charge on any atom is -0.497 e. The number of ether oxygens (including phenoxy) is 1. The summed E-state index contributed by atoms with van der Waals surface area (Å²) in [5.41, 5.74) is 7.01. The predicted octanol–water partition coefficient (Wildman–Crippen LogP) is 6.12. The molecular weight excluding hydrogens is 509 g/mol. The molecule has 0 bridgehead atoms. The summed E-state index contributed by atoms with van der Waals surface area (Å²) in [4.78, 5) is 29.6. The van der Waals surface area contributed by atoms with Gasteiger partial charge in [0.1, 0.15) is 22.8 Å². The second kappa shape index (κ2) is 9.57. The van der Waals surface area contributed by atoms with Crippen LogP contribution in [-0.2, 0) is 4.79 Å². The first kappa shape index (κ1) is 24.0. The Labute approximate surface area is 227 Å². The number of methoxy groups -OCH3 is 1. The van der Waals surface area contributed by atoms with Crippen molar-refractivity contribution in [1.82, 2.24) is 30.1 Å². The zero-order chi connectivity index (χ0) is 27.2. The Morgan fingerprint density at radius 2 is 1.93 bits per heavy atom. The van der Waals surface area contributed by atoms with Crippen molar-refractivity contribution in [2.45, 2.75) is 19.3 Å². The lowest BCUT2D eigenvalue weighted by molar-refractivity contribution is -0.122. The standard InChI is InChI=1S/C30H24FN7O2/c1-40-21-11-17(9-19(31)12-21)27-22-13-26(35-24(22)7-8-33-27)29-28-25(37-38-29)6-5-23(36-28)18-10-20(15-32-14-18)34-30(39)16-3-2-4-16/h5-16,35H,2-4H2,1H3,(H,34,39)(H,37,38). The number of nitrogens with zero attached hydrogens (tertiary/aromatic N) is 4. The lowest BCUT2D eigenvalue weighted by atomic mass is 9.85. The number of aromatic amines is 2. The molecule has 9 nitrogen and oxygen atoms in total. The van der Waals surface area contributed by atoms with Crippen LogP contribution in [0.2, 0.25) is 0 Å². The fraction of sp³-hybridized carbons (Fsp3) is 0.167. The van der Waals surface area contributed by atoms with Crippen LogP contribution in [0.15, 0.2) is 67.1 Å². The van der Waals surface area contributed by atoms with E-state index >= 15 is 0 Å². The number of hydrogen-bond acceptors (Lipinski definition) is 6. The Morgan fingerprint density at radius 3 is 2.75 bits per heavy atom. The monoisotopic (exact) mass is 533 g/mol. The van der Waals surface area contributed by atoms with E-state index in [4.69, 9.17) is 9.72 Å². The lowest BCUT2D eigenvalue weighted by Crippen LogP contribution is -2.28. The molecule has 6 aromatic rings. The highest BCUT2D eigenvalue weighted by molar-refractivity contribution is 5.99. The number of carbonyl (C=O) groups is 1. The number of hydrogen-bond donors (Lipinski definition) is 3. The average molecular weight is 534 g/mol. The van der Waals surface area contributed by atoms with Crippen LogP contribution in [0.25, 0.3) is 55.8 Å². The Bertz CT molecular complexity index is 1910. The van der Waals surface area contributed by atoms with Crippen LogP contribution in [-0.4, -0.2) is 43.2 Å². The van der Waals surface area contributed by atoms with Crippen molar-refractivity contribution in [3.05, 3.63) is 72.9 Å². The third kappa shape index (κ3) is 4.23. The molecule has 40 heavy (non-hydrogen) atoms. The second-order valence-corrected chi connectivity index (χ2v) is 9.93. The molecule has 0 spiro atoms. The topological polar surface area (TPSA) is 121 Å². The molecule has 1 aliphatic rings. The summed E-state index contributed by atoms with van der Waals surface area (Å²) in [5.74, 6) is 0.137. The third-order valence-electron chi connectivity index (χ3n) is 7.37. The Morgan fingerprint density at radius 1 is 1.02 bits per heavy atom. The maximum Gasteiger partial charge on any atom is 0.227 e. The fourth-order valence-corrected chi connectivity index (χ4v) is 5.04. The zero-order valence-corrected chi connectivity index (χ0v) is 21.5. The normalized spacial score (nSPS) is 13.4. The van der Waals surface area contributed by atoms with Crippen LogP contribution in [0.1, 0.15) is 19.3 Å². The van der Waals surface area contributed by atoms with Gasteiger partial charge in [-0.25, -0.2) is 9.37 Å². The molecule has 10 heteroatoms. The molecule has 1 fully saturated rings. The molecule has 1 aliphatic carbocycles. The Kier molecular flexibility index (Phi) is 5.73. The molecule has 1 aromatic carbocycles. The molecule has 7 rings (SSSR count).